The van der Waals surface area contributed by atoms with E-state index in [9.17, 15) is 5.11 Å². The molecular weight excluding hydrogens is 234 g/mol. The molecule has 0 aliphatic heterocycles. The van der Waals surface area contributed by atoms with Crippen LogP contribution in [-0.4, -0.2) is 18.3 Å². The first-order chi connectivity index (χ1) is 9.24. The van der Waals surface area contributed by atoms with E-state index in [1.807, 2.05) is 43.3 Å². The lowest BCUT2D eigenvalue weighted by Crippen LogP contribution is -2.43. The minimum Gasteiger partial charge on any atom is -0.394 e. The van der Waals surface area contributed by atoms with Crippen LogP contribution in [0.4, 0.5) is 0 Å². The van der Waals surface area contributed by atoms with Crippen molar-refractivity contribution >= 4 is 0 Å². The molecule has 2 rings (SSSR count). The molecule has 0 spiro atoms. The first-order valence-corrected chi connectivity index (χ1v) is 6.70. The normalized spacial score (nSPS) is 14.0. The fraction of sp³-hybridized carbons (Fsp3) is 0.294. The number of aliphatic hydroxyl groups excluding tert-OH is 1. The van der Waals surface area contributed by atoms with Gasteiger partial charge in [-0.25, -0.2) is 0 Å². The predicted octanol–water partition coefficient (Wildman–Crippen LogP) is 2.73. The standard InChI is InChI=1S/C17H21NO/c1-17(14-19,16-10-6-3-7-11-16)18-13-12-15-8-4-2-5-9-15/h2-11,18-19H,12-14H2,1H3. The topological polar surface area (TPSA) is 32.3 Å². The van der Waals surface area contributed by atoms with Crippen LogP contribution in [0.3, 0.4) is 0 Å². The lowest BCUT2D eigenvalue weighted by atomic mass is 9.92. The molecule has 2 heteroatoms. The third-order valence-electron chi connectivity index (χ3n) is 3.50. The van der Waals surface area contributed by atoms with E-state index < -0.39 is 0 Å². The van der Waals surface area contributed by atoms with Crippen LogP contribution in [0.2, 0.25) is 0 Å². The van der Waals surface area contributed by atoms with Crippen LogP contribution < -0.4 is 5.32 Å². The maximum absolute atomic E-state index is 9.67. The van der Waals surface area contributed by atoms with Crippen molar-refractivity contribution in [3.05, 3.63) is 71.8 Å². The van der Waals surface area contributed by atoms with E-state index in [0.717, 1.165) is 18.5 Å². The third-order valence-corrected chi connectivity index (χ3v) is 3.50. The van der Waals surface area contributed by atoms with Gasteiger partial charge in [0.2, 0.25) is 0 Å². The second-order valence-electron chi connectivity index (χ2n) is 5.02. The van der Waals surface area contributed by atoms with Crippen molar-refractivity contribution in [1.29, 1.82) is 0 Å². The Bertz CT molecular complexity index is 483. The third kappa shape index (κ3) is 3.66. The molecule has 0 radical (unpaired) electrons. The van der Waals surface area contributed by atoms with Gasteiger partial charge in [-0.15, -0.1) is 0 Å². The predicted molar refractivity (Wildman–Crippen MR) is 79.0 cm³/mol. The Kier molecular flexibility index (Phi) is 4.72. The fourth-order valence-electron chi connectivity index (χ4n) is 2.18. The molecule has 2 aromatic carbocycles. The molecule has 0 amide bonds. The summed E-state index contributed by atoms with van der Waals surface area (Å²) in [4.78, 5) is 0. The van der Waals surface area contributed by atoms with Crippen LogP contribution >= 0.6 is 0 Å². The number of benzene rings is 2. The van der Waals surface area contributed by atoms with Gasteiger partial charge in [0.25, 0.3) is 0 Å². The van der Waals surface area contributed by atoms with E-state index in [4.69, 9.17) is 0 Å². The van der Waals surface area contributed by atoms with E-state index in [0.29, 0.717) is 0 Å². The van der Waals surface area contributed by atoms with E-state index in [1.54, 1.807) is 0 Å². The zero-order valence-electron chi connectivity index (χ0n) is 11.3. The molecule has 0 heterocycles. The lowest BCUT2D eigenvalue weighted by Gasteiger charge is -2.29. The highest BCUT2D eigenvalue weighted by atomic mass is 16.3. The van der Waals surface area contributed by atoms with Gasteiger partial charge >= 0.3 is 0 Å². The van der Waals surface area contributed by atoms with Crippen LogP contribution in [0.25, 0.3) is 0 Å². The SMILES string of the molecule is CC(CO)(NCCc1ccccc1)c1ccccc1. The molecule has 0 aliphatic rings. The molecule has 19 heavy (non-hydrogen) atoms. The first-order valence-electron chi connectivity index (χ1n) is 6.70. The quantitative estimate of drug-likeness (QED) is 0.832. The van der Waals surface area contributed by atoms with Crippen molar-refractivity contribution in [2.45, 2.75) is 18.9 Å². The summed E-state index contributed by atoms with van der Waals surface area (Å²) in [6, 6.07) is 20.5. The Balaban J connectivity index is 1.96. The van der Waals surface area contributed by atoms with Crippen molar-refractivity contribution in [2.75, 3.05) is 13.2 Å². The Morgan fingerprint density at radius 2 is 1.53 bits per heavy atom. The summed E-state index contributed by atoms with van der Waals surface area (Å²) in [7, 11) is 0. The largest absolute Gasteiger partial charge is 0.394 e. The molecule has 2 nitrogen and oxygen atoms in total. The van der Waals surface area contributed by atoms with Gasteiger partial charge in [-0.3, -0.25) is 0 Å². The number of aliphatic hydroxyl groups is 1. The Labute approximate surface area is 115 Å². The highest BCUT2D eigenvalue weighted by molar-refractivity contribution is 5.24. The number of nitrogens with one attached hydrogen (secondary N) is 1. The van der Waals surface area contributed by atoms with Gasteiger partial charge in [-0.05, 0) is 24.5 Å². The van der Waals surface area contributed by atoms with E-state index in [2.05, 4.69) is 29.6 Å². The second kappa shape index (κ2) is 6.50. The number of rotatable bonds is 6. The van der Waals surface area contributed by atoms with Gasteiger partial charge in [-0.1, -0.05) is 60.7 Å². The summed E-state index contributed by atoms with van der Waals surface area (Å²) in [5.74, 6) is 0. The first kappa shape index (κ1) is 13.8. The molecule has 0 aromatic heterocycles. The summed E-state index contributed by atoms with van der Waals surface area (Å²) >= 11 is 0. The van der Waals surface area contributed by atoms with Crippen molar-refractivity contribution in [1.82, 2.24) is 5.32 Å². The zero-order chi connectivity index (χ0) is 13.6. The Hall–Kier alpha value is -1.64. The van der Waals surface area contributed by atoms with Crippen LogP contribution in [0.5, 0.6) is 0 Å². The second-order valence-corrected chi connectivity index (χ2v) is 5.02. The molecule has 100 valence electrons. The molecule has 0 saturated heterocycles. The van der Waals surface area contributed by atoms with Gasteiger partial charge in [0.05, 0.1) is 12.1 Å². The minimum absolute atomic E-state index is 0.0891. The van der Waals surface area contributed by atoms with Gasteiger partial charge in [0.1, 0.15) is 0 Å². The van der Waals surface area contributed by atoms with Crippen LogP contribution in [0.1, 0.15) is 18.1 Å². The summed E-state index contributed by atoms with van der Waals surface area (Å²) in [6.07, 6.45) is 0.962. The molecule has 1 atom stereocenters. The van der Waals surface area contributed by atoms with Gasteiger partial charge in [0, 0.05) is 6.54 Å². The average molecular weight is 255 g/mol. The van der Waals surface area contributed by atoms with E-state index >= 15 is 0 Å². The van der Waals surface area contributed by atoms with Crippen molar-refractivity contribution in [3.8, 4) is 0 Å². The van der Waals surface area contributed by atoms with Crippen LogP contribution in [-0.2, 0) is 12.0 Å². The van der Waals surface area contributed by atoms with E-state index in [-0.39, 0.29) is 12.1 Å². The molecular formula is C17H21NO. The molecule has 1 unspecified atom stereocenters. The highest BCUT2D eigenvalue weighted by Crippen LogP contribution is 2.19. The van der Waals surface area contributed by atoms with Crippen LogP contribution in [0.15, 0.2) is 60.7 Å². The summed E-state index contributed by atoms with van der Waals surface area (Å²) < 4.78 is 0. The minimum atomic E-state index is -0.379. The molecule has 2 aromatic rings. The van der Waals surface area contributed by atoms with Crippen molar-refractivity contribution in [3.63, 3.8) is 0 Å². The smallest absolute Gasteiger partial charge is 0.0652 e. The summed E-state index contributed by atoms with van der Waals surface area (Å²) in [5.41, 5.74) is 2.05. The van der Waals surface area contributed by atoms with Gasteiger partial charge < -0.3 is 10.4 Å². The number of hydrogen-bond acceptors (Lipinski definition) is 2. The van der Waals surface area contributed by atoms with Gasteiger partial charge in [0.15, 0.2) is 0 Å². The van der Waals surface area contributed by atoms with Crippen LogP contribution in [0, 0.1) is 0 Å². The van der Waals surface area contributed by atoms with E-state index in [1.165, 1.54) is 5.56 Å². The average Bonchev–Trinajstić information content (AvgIpc) is 2.49. The highest BCUT2D eigenvalue weighted by Gasteiger charge is 2.24. The molecule has 0 fully saturated rings. The maximum Gasteiger partial charge on any atom is 0.0652 e. The fourth-order valence-corrected chi connectivity index (χ4v) is 2.18. The lowest BCUT2D eigenvalue weighted by molar-refractivity contribution is 0.176. The molecule has 0 saturated carbocycles. The maximum atomic E-state index is 9.67. The molecule has 2 N–H and O–H groups in total. The summed E-state index contributed by atoms with van der Waals surface area (Å²) in [5, 5.41) is 13.1. The molecule has 0 bridgehead atoms. The zero-order valence-corrected chi connectivity index (χ0v) is 11.3. The summed E-state index contributed by atoms with van der Waals surface area (Å²) in [6.45, 7) is 2.97. The molecule has 0 aliphatic carbocycles. The Morgan fingerprint density at radius 3 is 2.11 bits per heavy atom. The number of hydrogen-bond donors (Lipinski definition) is 2. The van der Waals surface area contributed by atoms with Gasteiger partial charge in [-0.2, -0.15) is 0 Å². The van der Waals surface area contributed by atoms with Crippen molar-refractivity contribution < 1.29 is 5.11 Å². The Morgan fingerprint density at radius 1 is 0.947 bits per heavy atom. The van der Waals surface area contributed by atoms with Crippen molar-refractivity contribution in [2.24, 2.45) is 0 Å². The monoisotopic (exact) mass is 255 g/mol.